The zero-order valence-corrected chi connectivity index (χ0v) is 19.5. The molecule has 4 aromatic rings. The minimum atomic E-state index is -0.0533. The Hall–Kier alpha value is -3.64. The van der Waals surface area contributed by atoms with Crippen LogP contribution in [0.15, 0.2) is 78.3 Å². The molecule has 2 aromatic carbocycles. The number of carbonyl (C=O) groups excluding carboxylic acids is 1. The van der Waals surface area contributed by atoms with E-state index >= 15 is 0 Å². The van der Waals surface area contributed by atoms with E-state index in [0.717, 1.165) is 26.9 Å². The van der Waals surface area contributed by atoms with Gasteiger partial charge in [-0.25, -0.2) is 0 Å². The van der Waals surface area contributed by atoms with Gasteiger partial charge in [-0.15, -0.1) is 11.3 Å². The lowest BCUT2D eigenvalue weighted by molar-refractivity contribution is -0.126. The summed E-state index contributed by atoms with van der Waals surface area (Å²) in [6, 6.07) is 19.7. The molecule has 0 saturated heterocycles. The molecule has 1 amide bonds. The van der Waals surface area contributed by atoms with E-state index in [4.69, 9.17) is 9.47 Å². The van der Waals surface area contributed by atoms with Crippen molar-refractivity contribution in [3.05, 3.63) is 94.3 Å². The van der Waals surface area contributed by atoms with Crippen LogP contribution >= 0.6 is 11.3 Å². The summed E-state index contributed by atoms with van der Waals surface area (Å²) in [5.74, 6) is 1.29. The summed E-state index contributed by atoms with van der Waals surface area (Å²) in [5, 5.41) is 3.08. The van der Waals surface area contributed by atoms with Crippen LogP contribution in [0.2, 0.25) is 0 Å². The summed E-state index contributed by atoms with van der Waals surface area (Å²) in [6.45, 7) is 3.55. The maximum atomic E-state index is 12.9. The van der Waals surface area contributed by atoms with E-state index in [0.29, 0.717) is 31.2 Å². The van der Waals surface area contributed by atoms with Crippen molar-refractivity contribution in [3.63, 3.8) is 0 Å². The molecule has 168 valence electrons. The SMILES string of the molecule is CCN(Cc1ccc(OCc2cccs2)c(OC)c1)C(=O)/C=C/c1cccc2cccnc12. The lowest BCUT2D eigenvalue weighted by Crippen LogP contribution is -2.28. The number of ether oxygens (including phenoxy) is 2. The smallest absolute Gasteiger partial charge is 0.246 e. The van der Waals surface area contributed by atoms with Crippen molar-refractivity contribution in [2.75, 3.05) is 13.7 Å². The Labute approximate surface area is 197 Å². The first-order valence-electron chi connectivity index (χ1n) is 10.8. The second-order valence-electron chi connectivity index (χ2n) is 7.46. The van der Waals surface area contributed by atoms with Crippen molar-refractivity contribution in [1.82, 2.24) is 9.88 Å². The van der Waals surface area contributed by atoms with E-state index in [2.05, 4.69) is 4.98 Å². The van der Waals surface area contributed by atoms with E-state index in [-0.39, 0.29) is 5.91 Å². The molecule has 6 heteroatoms. The van der Waals surface area contributed by atoms with Crippen LogP contribution in [0.25, 0.3) is 17.0 Å². The fraction of sp³-hybridized carbons (Fsp3) is 0.185. The second-order valence-corrected chi connectivity index (χ2v) is 8.49. The Morgan fingerprint density at radius 1 is 1.09 bits per heavy atom. The van der Waals surface area contributed by atoms with Crippen LogP contribution in [0.1, 0.15) is 22.9 Å². The Bertz CT molecular complexity index is 1250. The predicted molar refractivity (Wildman–Crippen MR) is 134 cm³/mol. The quantitative estimate of drug-likeness (QED) is 0.291. The highest BCUT2D eigenvalue weighted by Gasteiger charge is 2.13. The summed E-state index contributed by atoms with van der Waals surface area (Å²) in [4.78, 5) is 20.3. The van der Waals surface area contributed by atoms with E-state index in [9.17, 15) is 4.79 Å². The molecular formula is C27H26N2O3S. The molecule has 4 rings (SSSR count). The molecule has 0 bridgehead atoms. The van der Waals surface area contributed by atoms with E-state index < -0.39 is 0 Å². The van der Waals surface area contributed by atoms with Gasteiger partial charge in [0.1, 0.15) is 6.61 Å². The van der Waals surface area contributed by atoms with Crippen LogP contribution in [-0.4, -0.2) is 29.4 Å². The van der Waals surface area contributed by atoms with Crippen LogP contribution in [-0.2, 0) is 17.9 Å². The number of pyridine rings is 1. The fourth-order valence-corrected chi connectivity index (χ4v) is 4.18. The van der Waals surface area contributed by atoms with Gasteiger partial charge >= 0.3 is 0 Å². The molecule has 33 heavy (non-hydrogen) atoms. The summed E-state index contributed by atoms with van der Waals surface area (Å²) in [7, 11) is 1.63. The highest BCUT2D eigenvalue weighted by Crippen LogP contribution is 2.30. The topological polar surface area (TPSA) is 51.7 Å². The van der Waals surface area contributed by atoms with Gasteiger partial charge in [-0.2, -0.15) is 0 Å². The fourth-order valence-electron chi connectivity index (χ4n) is 3.57. The summed E-state index contributed by atoms with van der Waals surface area (Å²) in [5.41, 5.74) is 2.78. The number of aromatic nitrogens is 1. The first-order chi connectivity index (χ1) is 16.2. The lowest BCUT2D eigenvalue weighted by atomic mass is 10.1. The number of fused-ring (bicyclic) bond motifs is 1. The molecule has 0 radical (unpaired) electrons. The number of thiophene rings is 1. The minimum Gasteiger partial charge on any atom is -0.493 e. The van der Waals surface area contributed by atoms with Gasteiger partial charge in [-0.1, -0.05) is 36.4 Å². The summed E-state index contributed by atoms with van der Waals surface area (Å²) in [6.07, 6.45) is 5.21. The van der Waals surface area contributed by atoms with Crippen molar-refractivity contribution >= 4 is 34.2 Å². The van der Waals surface area contributed by atoms with Crippen molar-refractivity contribution in [2.24, 2.45) is 0 Å². The van der Waals surface area contributed by atoms with E-state index in [1.54, 1.807) is 35.6 Å². The minimum absolute atomic E-state index is 0.0533. The Morgan fingerprint density at radius 2 is 1.97 bits per heavy atom. The highest BCUT2D eigenvalue weighted by molar-refractivity contribution is 7.09. The number of amides is 1. The monoisotopic (exact) mass is 458 g/mol. The Balaban J connectivity index is 1.45. The average Bonchev–Trinajstić information content (AvgIpc) is 3.38. The Morgan fingerprint density at radius 3 is 2.76 bits per heavy atom. The number of methoxy groups -OCH3 is 1. The Kier molecular flexibility index (Phi) is 7.37. The molecule has 0 saturated carbocycles. The van der Waals surface area contributed by atoms with E-state index in [1.807, 2.05) is 79.0 Å². The molecule has 0 aliphatic carbocycles. The molecule has 0 fully saturated rings. The van der Waals surface area contributed by atoms with Gasteiger partial charge in [-0.3, -0.25) is 9.78 Å². The molecule has 2 aromatic heterocycles. The molecule has 0 unspecified atom stereocenters. The molecular weight excluding hydrogens is 432 g/mol. The molecule has 2 heterocycles. The number of hydrogen-bond acceptors (Lipinski definition) is 5. The molecule has 5 nitrogen and oxygen atoms in total. The van der Waals surface area contributed by atoms with Crippen molar-refractivity contribution < 1.29 is 14.3 Å². The maximum Gasteiger partial charge on any atom is 0.246 e. The third-order valence-corrected chi connectivity index (χ3v) is 6.16. The van der Waals surface area contributed by atoms with Gasteiger partial charge in [0.25, 0.3) is 0 Å². The third-order valence-electron chi connectivity index (χ3n) is 5.31. The van der Waals surface area contributed by atoms with Gasteiger partial charge in [0.05, 0.1) is 12.6 Å². The van der Waals surface area contributed by atoms with Gasteiger partial charge < -0.3 is 14.4 Å². The van der Waals surface area contributed by atoms with Crippen molar-refractivity contribution in [3.8, 4) is 11.5 Å². The largest absolute Gasteiger partial charge is 0.493 e. The van der Waals surface area contributed by atoms with Crippen LogP contribution in [0.5, 0.6) is 11.5 Å². The average molecular weight is 459 g/mol. The third kappa shape index (κ3) is 5.59. The predicted octanol–water partition coefficient (Wildman–Crippen LogP) is 5.95. The van der Waals surface area contributed by atoms with Gasteiger partial charge in [-0.05, 0) is 48.2 Å². The zero-order chi connectivity index (χ0) is 23.0. The van der Waals surface area contributed by atoms with Crippen LogP contribution < -0.4 is 9.47 Å². The normalized spacial score (nSPS) is 11.1. The first-order valence-corrected chi connectivity index (χ1v) is 11.7. The number of carbonyl (C=O) groups is 1. The highest BCUT2D eigenvalue weighted by atomic mass is 32.1. The van der Waals surface area contributed by atoms with Crippen molar-refractivity contribution in [2.45, 2.75) is 20.1 Å². The van der Waals surface area contributed by atoms with Crippen LogP contribution in [0.4, 0.5) is 0 Å². The number of likely N-dealkylation sites (N-methyl/N-ethyl adjacent to an activating group) is 1. The maximum absolute atomic E-state index is 12.9. The van der Waals surface area contributed by atoms with Gasteiger partial charge in [0.2, 0.25) is 5.91 Å². The molecule has 0 atom stereocenters. The van der Waals surface area contributed by atoms with Crippen LogP contribution in [0.3, 0.4) is 0 Å². The van der Waals surface area contributed by atoms with E-state index in [1.165, 1.54) is 0 Å². The first kappa shape index (κ1) is 22.6. The molecule has 0 N–H and O–H groups in total. The van der Waals surface area contributed by atoms with Gasteiger partial charge in [0.15, 0.2) is 11.5 Å². The van der Waals surface area contributed by atoms with Crippen molar-refractivity contribution in [1.29, 1.82) is 0 Å². The second kappa shape index (κ2) is 10.8. The lowest BCUT2D eigenvalue weighted by Gasteiger charge is -2.20. The molecule has 0 aliphatic rings. The van der Waals surface area contributed by atoms with Crippen LogP contribution in [0, 0.1) is 0 Å². The zero-order valence-electron chi connectivity index (χ0n) is 18.7. The number of hydrogen-bond donors (Lipinski definition) is 0. The number of rotatable bonds is 9. The summed E-state index contributed by atoms with van der Waals surface area (Å²) < 4.78 is 11.4. The summed E-state index contributed by atoms with van der Waals surface area (Å²) >= 11 is 1.66. The number of para-hydroxylation sites is 1. The number of nitrogens with zero attached hydrogens (tertiary/aromatic N) is 2. The number of benzene rings is 2. The molecule has 0 aliphatic heterocycles. The molecule has 0 spiro atoms. The van der Waals surface area contributed by atoms with Gasteiger partial charge in [0, 0.05) is 41.2 Å². The standard InChI is InChI=1S/C27H26N2O3S/c1-3-29(26(30)14-12-22-8-4-7-21-9-5-15-28-27(21)22)18-20-11-13-24(25(17-20)31-2)32-19-23-10-6-16-33-23/h4-17H,3,18-19H2,1-2H3/b14-12+.